The molecule has 0 bridgehead atoms. The average molecular weight is 494 g/mol. The smallest absolute Gasteiger partial charge is 0.191 e. The Morgan fingerprint density at radius 1 is 1.38 bits per heavy atom. The molecule has 1 fully saturated rings. The molecular weight excluding hydrogens is 457 g/mol. The molecule has 0 spiro atoms. The molecule has 26 heavy (non-hydrogen) atoms. The van der Waals surface area contributed by atoms with Crippen molar-refractivity contribution in [3.8, 4) is 0 Å². The normalized spacial score (nSPS) is 21.8. The summed E-state index contributed by atoms with van der Waals surface area (Å²) in [6.07, 6.45) is 0. The molecule has 1 aliphatic heterocycles. The summed E-state index contributed by atoms with van der Waals surface area (Å²) >= 11 is 1.70. The van der Waals surface area contributed by atoms with Crippen LogP contribution in [-0.2, 0) is 12.0 Å². The molecule has 1 aliphatic rings. The van der Waals surface area contributed by atoms with Gasteiger partial charge in [0.15, 0.2) is 5.96 Å². The minimum atomic E-state index is 0. The number of hydrogen-bond donors (Lipinski definition) is 2. The number of nitrogens with zero attached hydrogens (tertiary/aromatic N) is 3. The fraction of sp³-hybridized carbons (Fsp3) is 0.789. The molecular formula is C19H36IN5S. The highest BCUT2D eigenvalue weighted by Crippen LogP contribution is 2.24. The van der Waals surface area contributed by atoms with Gasteiger partial charge in [0.2, 0.25) is 0 Å². The third kappa shape index (κ3) is 6.64. The van der Waals surface area contributed by atoms with Gasteiger partial charge in [-0.25, -0.2) is 9.98 Å². The van der Waals surface area contributed by atoms with E-state index in [0.29, 0.717) is 24.5 Å². The van der Waals surface area contributed by atoms with Crippen LogP contribution in [0.4, 0.5) is 0 Å². The number of rotatable bonds is 5. The molecule has 2 heterocycles. The number of halogens is 1. The molecule has 5 nitrogen and oxygen atoms in total. The Hall–Kier alpha value is -0.410. The predicted molar refractivity (Wildman–Crippen MR) is 124 cm³/mol. The SMILES string of the molecule is CCNC(=NCc1nc(C(C)(C)C)cs1)NC1CN(C(C)C)CC1C.I. The summed E-state index contributed by atoms with van der Waals surface area (Å²) in [5.74, 6) is 1.52. The predicted octanol–water partition coefficient (Wildman–Crippen LogP) is 3.84. The average Bonchev–Trinajstić information content (AvgIpc) is 3.12. The summed E-state index contributed by atoms with van der Waals surface area (Å²) in [6, 6.07) is 1.04. The second-order valence-corrected chi connectivity index (χ2v) is 9.29. The molecule has 2 N–H and O–H groups in total. The van der Waals surface area contributed by atoms with Crippen molar-refractivity contribution < 1.29 is 0 Å². The Kier molecular flexibility index (Phi) is 9.29. The maximum absolute atomic E-state index is 4.77. The van der Waals surface area contributed by atoms with E-state index >= 15 is 0 Å². The maximum Gasteiger partial charge on any atom is 0.191 e. The third-order valence-corrected chi connectivity index (χ3v) is 5.56. The summed E-state index contributed by atoms with van der Waals surface area (Å²) in [5, 5.41) is 10.2. The monoisotopic (exact) mass is 493 g/mol. The zero-order valence-corrected chi connectivity index (χ0v) is 20.4. The number of nitrogens with one attached hydrogen (secondary N) is 2. The van der Waals surface area contributed by atoms with Crippen molar-refractivity contribution in [1.82, 2.24) is 20.5 Å². The van der Waals surface area contributed by atoms with Gasteiger partial charge >= 0.3 is 0 Å². The molecule has 0 aliphatic carbocycles. The summed E-state index contributed by atoms with van der Waals surface area (Å²) in [4.78, 5) is 12.0. The number of thiazole rings is 1. The lowest BCUT2D eigenvalue weighted by atomic mass is 9.93. The van der Waals surface area contributed by atoms with Crippen molar-refractivity contribution in [2.45, 2.75) is 72.5 Å². The fourth-order valence-corrected chi connectivity index (χ4v) is 3.93. The molecule has 2 rings (SSSR count). The Labute approximate surface area is 180 Å². The minimum Gasteiger partial charge on any atom is -0.357 e. The second kappa shape index (κ2) is 10.2. The molecule has 0 amide bonds. The van der Waals surface area contributed by atoms with Gasteiger partial charge in [0, 0.05) is 42.5 Å². The molecule has 1 aromatic rings. The van der Waals surface area contributed by atoms with E-state index in [0.717, 1.165) is 36.3 Å². The third-order valence-electron chi connectivity index (χ3n) is 4.73. The quantitative estimate of drug-likeness (QED) is 0.372. The summed E-state index contributed by atoms with van der Waals surface area (Å²) in [6.45, 7) is 19.3. The van der Waals surface area contributed by atoms with Gasteiger partial charge in [-0.2, -0.15) is 0 Å². The molecule has 1 aromatic heterocycles. The first-order valence-corrected chi connectivity index (χ1v) is 10.3. The maximum atomic E-state index is 4.77. The van der Waals surface area contributed by atoms with Crippen molar-refractivity contribution in [2.24, 2.45) is 10.9 Å². The van der Waals surface area contributed by atoms with E-state index in [1.807, 2.05) is 0 Å². The lowest BCUT2D eigenvalue weighted by Gasteiger charge is -2.21. The molecule has 0 radical (unpaired) electrons. The molecule has 0 saturated carbocycles. The number of likely N-dealkylation sites (tertiary alicyclic amines) is 1. The van der Waals surface area contributed by atoms with Crippen LogP contribution in [0.15, 0.2) is 10.4 Å². The van der Waals surface area contributed by atoms with Gasteiger partial charge in [-0.05, 0) is 26.7 Å². The highest BCUT2D eigenvalue weighted by atomic mass is 127. The Morgan fingerprint density at radius 3 is 2.58 bits per heavy atom. The number of hydrogen-bond acceptors (Lipinski definition) is 4. The number of aromatic nitrogens is 1. The Bertz CT molecular complexity index is 579. The van der Waals surface area contributed by atoms with E-state index in [-0.39, 0.29) is 29.4 Å². The van der Waals surface area contributed by atoms with Crippen LogP contribution in [0, 0.1) is 5.92 Å². The first-order chi connectivity index (χ1) is 11.7. The van der Waals surface area contributed by atoms with Crippen LogP contribution >= 0.6 is 35.3 Å². The van der Waals surface area contributed by atoms with Gasteiger partial charge in [0.1, 0.15) is 5.01 Å². The summed E-state index contributed by atoms with van der Waals surface area (Å²) < 4.78 is 0. The van der Waals surface area contributed by atoms with Gasteiger partial charge < -0.3 is 10.6 Å². The van der Waals surface area contributed by atoms with E-state index < -0.39 is 0 Å². The van der Waals surface area contributed by atoms with Crippen LogP contribution in [0.25, 0.3) is 0 Å². The summed E-state index contributed by atoms with van der Waals surface area (Å²) in [7, 11) is 0. The lowest BCUT2D eigenvalue weighted by molar-refractivity contribution is 0.265. The van der Waals surface area contributed by atoms with Crippen LogP contribution in [0.2, 0.25) is 0 Å². The van der Waals surface area contributed by atoms with Gasteiger partial charge in [-0.3, -0.25) is 4.90 Å². The Morgan fingerprint density at radius 2 is 2.08 bits per heavy atom. The molecule has 150 valence electrons. The standard InChI is InChI=1S/C19H35N5S.HI/c1-8-20-18(22-15-11-24(13(2)3)10-14(15)4)21-9-17-23-16(12-25-17)19(5,6)7;/h12-15H,8-11H2,1-7H3,(H2,20,21,22);1H. The molecule has 2 unspecified atom stereocenters. The van der Waals surface area contributed by atoms with Gasteiger partial charge in [-0.15, -0.1) is 35.3 Å². The van der Waals surface area contributed by atoms with Crippen molar-refractivity contribution in [2.75, 3.05) is 19.6 Å². The minimum absolute atomic E-state index is 0. The zero-order chi connectivity index (χ0) is 18.6. The van der Waals surface area contributed by atoms with Crippen molar-refractivity contribution in [1.29, 1.82) is 0 Å². The van der Waals surface area contributed by atoms with Gasteiger partial charge in [-0.1, -0.05) is 27.7 Å². The van der Waals surface area contributed by atoms with E-state index in [2.05, 4.69) is 69.4 Å². The van der Waals surface area contributed by atoms with Crippen LogP contribution < -0.4 is 10.6 Å². The van der Waals surface area contributed by atoms with Gasteiger partial charge in [0.05, 0.1) is 12.2 Å². The zero-order valence-electron chi connectivity index (χ0n) is 17.3. The summed E-state index contributed by atoms with van der Waals surface area (Å²) in [5.41, 5.74) is 1.25. The van der Waals surface area contributed by atoms with E-state index in [4.69, 9.17) is 9.98 Å². The van der Waals surface area contributed by atoms with Crippen LogP contribution in [-0.4, -0.2) is 47.6 Å². The highest BCUT2D eigenvalue weighted by Gasteiger charge is 2.31. The van der Waals surface area contributed by atoms with Crippen LogP contribution in [0.3, 0.4) is 0 Å². The van der Waals surface area contributed by atoms with E-state index in [1.165, 1.54) is 0 Å². The molecule has 7 heteroatoms. The number of aliphatic imine (C=N–C) groups is 1. The van der Waals surface area contributed by atoms with Crippen molar-refractivity contribution in [3.63, 3.8) is 0 Å². The number of guanidine groups is 1. The van der Waals surface area contributed by atoms with Crippen LogP contribution in [0.1, 0.15) is 59.2 Å². The van der Waals surface area contributed by atoms with Crippen molar-refractivity contribution in [3.05, 3.63) is 16.1 Å². The Balaban J connectivity index is 0.00000338. The highest BCUT2D eigenvalue weighted by molar-refractivity contribution is 14.0. The van der Waals surface area contributed by atoms with Crippen LogP contribution in [0.5, 0.6) is 0 Å². The van der Waals surface area contributed by atoms with E-state index in [1.54, 1.807) is 11.3 Å². The second-order valence-electron chi connectivity index (χ2n) is 8.35. The molecule has 1 saturated heterocycles. The van der Waals surface area contributed by atoms with Gasteiger partial charge in [0.25, 0.3) is 0 Å². The largest absolute Gasteiger partial charge is 0.357 e. The van der Waals surface area contributed by atoms with Crippen molar-refractivity contribution >= 4 is 41.3 Å². The topological polar surface area (TPSA) is 52.6 Å². The lowest BCUT2D eigenvalue weighted by Crippen LogP contribution is -2.46. The first kappa shape index (κ1) is 23.6. The van der Waals surface area contributed by atoms with E-state index in [9.17, 15) is 0 Å². The molecule has 2 atom stereocenters. The fourth-order valence-electron chi connectivity index (χ4n) is 2.98. The first-order valence-electron chi connectivity index (χ1n) is 9.44. The molecule has 0 aromatic carbocycles.